The molecule has 2 N–H and O–H groups in total. The number of benzene rings is 2. The highest BCUT2D eigenvalue weighted by atomic mass is 35.5. The molecule has 1 fully saturated rings. The Bertz CT molecular complexity index is 823. The van der Waals surface area contributed by atoms with E-state index in [4.69, 9.17) is 11.6 Å². The van der Waals surface area contributed by atoms with Crippen molar-refractivity contribution in [2.45, 2.75) is 26.1 Å². The first-order valence-electron chi connectivity index (χ1n) is 9.27. The Morgan fingerprint density at radius 3 is 2.43 bits per heavy atom. The molecule has 2 aromatic rings. The average Bonchev–Trinajstić information content (AvgIpc) is 2.67. The van der Waals surface area contributed by atoms with Gasteiger partial charge in [0.2, 0.25) is 5.91 Å². The van der Waals surface area contributed by atoms with Crippen LogP contribution in [0.4, 0.5) is 10.5 Å². The molecule has 28 heavy (non-hydrogen) atoms. The van der Waals surface area contributed by atoms with Crippen LogP contribution in [0.1, 0.15) is 18.1 Å². The number of hydrogen-bond acceptors (Lipinski definition) is 3. The van der Waals surface area contributed by atoms with E-state index in [2.05, 4.69) is 22.5 Å². The third kappa shape index (κ3) is 5.47. The number of nitrogens with zero attached hydrogens (tertiary/aromatic N) is 2. The lowest BCUT2D eigenvalue weighted by atomic mass is 10.1. The fraction of sp³-hybridized carbons (Fsp3) is 0.333. The predicted molar refractivity (Wildman–Crippen MR) is 111 cm³/mol. The summed E-state index contributed by atoms with van der Waals surface area (Å²) in [5.74, 6) is 0.143. The van der Waals surface area contributed by atoms with Crippen molar-refractivity contribution in [1.82, 2.24) is 15.1 Å². The van der Waals surface area contributed by atoms with Crippen molar-refractivity contribution in [1.29, 1.82) is 0 Å². The van der Waals surface area contributed by atoms with Gasteiger partial charge in [-0.25, -0.2) is 4.79 Å². The molecule has 6 nitrogen and oxygen atoms in total. The zero-order valence-corrected chi connectivity index (χ0v) is 16.9. The van der Waals surface area contributed by atoms with Crippen LogP contribution in [0.3, 0.4) is 0 Å². The van der Waals surface area contributed by atoms with Gasteiger partial charge in [0.25, 0.3) is 0 Å². The van der Waals surface area contributed by atoms with Crippen molar-refractivity contribution in [2.24, 2.45) is 0 Å². The molecule has 1 aliphatic rings. The van der Waals surface area contributed by atoms with E-state index in [9.17, 15) is 9.59 Å². The van der Waals surface area contributed by atoms with E-state index in [1.807, 2.05) is 48.3 Å². The molecule has 1 heterocycles. The summed E-state index contributed by atoms with van der Waals surface area (Å²) in [6.45, 7) is 4.30. The molecule has 0 aromatic heterocycles. The Labute approximate surface area is 170 Å². The molecule has 7 heteroatoms. The van der Waals surface area contributed by atoms with Crippen molar-refractivity contribution in [3.63, 3.8) is 0 Å². The number of urea groups is 1. The first-order chi connectivity index (χ1) is 13.4. The second kappa shape index (κ2) is 9.08. The molecule has 3 amide bonds. The standard InChI is InChI=1S/C21H25ClN4O2/c1-15-12-26(20(27)14-25(15)2)13-17-5-9-19(10-6-17)24-21(28)23-11-16-3-7-18(22)8-4-16/h3-10,15H,11-14H2,1-2H3,(H2,23,24,28). The lowest BCUT2D eigenvalue weighted by Gasteiger charge is -2.37. The lowest BCUT2D eigenvalue weighted by molar-refractivity contribution is -0.138. The van der Waals surface area contributed by atoms with Crippen molar-refractivity contribution < 1.29 is 9.59 Å². The van der Waals surface area contributed by atoms with Gasteiger partial charge in [-0.1, -0.05) is 35.9 Å². The number of nitrogens with one attached hydrogen (secondary N) is 2. The van der Waals surface area contributed by atoms with E-state index >= 15 is 0 Å². The minimum atomic E-state index is -0.272. The minimum absolute atomic E-state index is 0.143. The molecule has 148 valence electrons. The third-order valence-corrected chi connectivity index (χ3v) is 5.18. The summed E-state index contributed by atoms with van der Waals surface area (Å²) in [5.41, 5.74) is 2.72. The Balaban J connectivity index is 1.49. The first-order valence-corrected chi connectivity index (χ1v) is 9.65. The molecular weight excluding hydrogens is 376 g/mol. The Hall–Kier alpha value is -2.57. The van der Waals surface area contributed by atoms with E-state index in [1.54, 1.807) is 12.1 Å². The largest absolute Gasteiger partial charge is 0.336 e. The molecule has 1 atom stereocenters. The summed E-state index contributed by atoms with van der Waals surface area (Å²) in [6, 6.07) is 15.0. The van der Waals surface area contributed by atoms with Crippen molar-refractivity contribution in [3.05, 3.63) is 64.7 Å². The van der Waals surface area contributed by atoms with Crippen LogP contribution in [-0.2, 0) is 17.9 Å². The highest BCUT2D eigenvalue weighted by molar-refractivity contribution is 6.30. The van der Waals surface area contributed by atoms with Gasteiger partial charge in [0.05, 0.1) is 6.54 Å². The van der Waals surface area contributed by atoms with E-state index < -0.39 is 0 Å². The SMILES string of the molecule is CC1CN(Cc2ccc(NC(=O)NCc3ccc(Cl)cc3)cc2)C(=O)CN1C. The third-order valence-electron chi connectivity index (χ3n) is 4.93. The zero-order chi connectivity index (χ0) is 20.1. The molecule has 0 radical (unpaired) electrons. The van der Waals surface area contributed by atoms with Crippen molar-refractivity contribution >= 4 is 29.2 Å². The number of rotatable bonds is 5. The van der Waals surface area contributed by atoms with Crippen LogP contribution in [0, 0.1) is 0 Å². The summed E-state index contributed by atoms with van der Waals surface area (Å²) in [6.07, 6.45) is 0. The quantitative estimate of drug-likeness (QED) is 0.809. The van der Waals surface area contributed by atoms with Crippen LogP contribution in [0.2, 0.25) is 5.02 Å². The number of hydrogen-bond donors (Lipinski definition) is 2. The van der Waals surface area contributed by atoms with Gasteiger partial charge in [-0.15, -0.1) is 0 Å². The van der Waals surface area contributed by atoms with Gasteiger partial charge in [-0.2, -0.15) is 0 Å². The monoisotopic (exact) mass is 400 g/mol. The fourth-order valence-corrected chi connectivity index (χ4v) is 3.18. The number of halogens is 1. The second-order valence-electron chi connectivity index (χ2n) is 7.17. The molecule has 0 bridgehead atoms. The number of amides is 3. The normalized spacial score (nSPS) is 17.5. The topological polar surface area (TPSA) is 64.7 Å². The number of likely N-dealkylation sites (N-methyl/N-ethyl adjacent to an activating group) is 1. The Kier molecular flexibility index (Phi) is 6.54. The highest BCUT2D eigenvalue weighted by Gasteiger charge is 2.26. The highest BCUT2D eigenvalue weighted by Crippen LogP contribution is 2.15. The summed E-state index contributed by atoms with van der Waals surface area (Å²) in [7, 11) is 1.97. The van der Waals surface area contributed by atoms with Crippen LogP contribution < -0.4 is 10.6 Å². The smallest absolute Gasteiger partial charge is 0.319 e. The van der Waals surface area contributed by atoms with Crippen LogP contribution in [-0.4, -0.2) is 47.9 Å². The van der Waals surface area contributed by atoms with Gasteiger partial charge in [0, 0.05) is 36.4 Å². The summed E-state index contributed by atoms with van der Waals surface area (Å²) >= 11 is 5.85. The molecule has 1 unspecified atom stereocenters. The van der Waals surface area contributed by atoms with E-state index in [0.717, 1.165) is 17.7 Å². The van der Waals surface area contributed by atoms with Crippen LogP contribution in [0.15, 0.2) is 48.5 Å². The van der Waals surface area contributed by atoms with Gasteiger partial charge < -0.3 is 15.5 Å². The number of carbonyl (C=O) groups excluding carboxylic acids is 2. The van der Waals surface area contributed by atoms with E-state index in [-0.39, 0.29) is 11.9 Å². The zero-order valence-electron chi connectivity index (χ0n) is 16.1. The summed E-state index contributed by atoms with van der Waals surface area (Å²) < 4.78 is 0. The molecule has 1 aliphatic heterocycles. The molecule has 2 aromatic carbocycles. The van der Waals surface area contributed by atoms with Gasteiger partial charge in [0.15, 0.2) is 0 Å². The Morgan fingerprint density at radius 1 is 1.11 bits per heavy atom. The first kappa shape index (κ1) is 20.2. The van der Waals surface area contributed by atoms with E-state index in [1.165, 1.54) is 0 Å². The summed E-state index contributed by atoms with van der Waals surface area (Å²) in [4.78, 5) is 28.2. The van der Waals surface area contributed by atoms with Crippen LogP contribution in [0.25, 0.3) is 0 Å². The maximum atomic E-state index is 12.2. The lowest BCUT2D eigenvalue weighted by Crippen LogP contribution is -2.53. The maximum Gasteiger partial charge on any atom is 0.319 e. The minimum Gasteiger partial charge on any atom is -0.336 e. The fourth-order valence-electron chi connectivity index (χ4n) is 3.06. The number of piperazine rings is 1. The van der Waals surface area contributed by atoms with Gasteiger partial charge >= 0.3 is 6.03 Å². The summed E-state index contributed by atoms with van der Waals surface area (Å²) in [5, 5.41) is 6.29. The van der Waals surface area contributed by atoms with Crippen LogP contribution >= 0.6 is 11.6 Å². The predicted octanol–water partition coefficient (Wildman–Crippen LogP) is 3.32. The molecule has 3 rings (SSSR count). The Morgan fingerprint density at radius 2 is 1.75 bits per heavy atom. The maximum absolute atomic E-state index is 12.2. The molecule has 0 spiro atoms. The number of carbonyl (C=O) groups is 2. The van der Waals surface area contributed by atoms with Gasteiger partial charge in [-0.05, 0) is 49.4 Å². The van der Waals surface area contributed by atoms with Gasteiger partial charge in [-0.3, -0.25) is 9.69 Å². The van der Waals surface area contributed by atoms with Crippen LogP contribution in [0.5, 0.6) is 0 Å². The molecular formula is C21H25ClN4O2. The van der Waals surface area contributed by atoms with Crippen molar-refractivity contribution in [3.8, 4) is 0 Å². The molecule has 1 saturated heterocycles. The molecule has 0 aliphatic carbocycles. The average molecular weight is 401 g/mol. The number of anilines is 1. The second-order valence-corrected chi connectivity index (χ2v) is 7.61. The molecule has 0 saturated carbocycles. The van der Waals surface area contributed by atoms with Crippen molar-refractivity contribution in [2.75, 3.05) is 25.5 Å². The van der Waals surface area contributed by atoms with E-state index in [0.29, 0.717) is 36.4 Å². The van der Waals surface area contributed by atoms with Gasteiger partial charge in [0.1, 0.15) is 0 Å².